The Hall–Kier alpha value is -1.10. The first kappa shape index (κ1) is 12.9. The normalized spacial score (nSPS) is 11.1. The van der Waals surface area contributed by atoms with Gasteiger partial charge < -0.3 is 15.7 Å². The second kappa shape index (κ2) is 5.59. The summed E-state index contributed by atoms with van der Waals surface area (Å²) in [5.74, 6) is -1.05. The van der Waals surface area contributed by atoms with Crippen LogP contribution in [0, 0.1) is 0 Å². The SMILES string of the molecule is CNCCC(=O)NC(C)(C)CC(=O)O. The van der Waals surface area contributed by atoms with Crippen molar-refractivity contribution in [1.29, 1.82) is 0 Å². The third kappa shape index (κ3) is 6.42. The van der Waals surface area contributed by atoms with E-state index >= 15 is 0 Å². The van der Waals surface area contributed by atoms with E-state index in [2.05, 4.69) is 10.6 Å². The van der Waals surface area contributed by atoms with Crippen LogP contribution in [0.5, 0.6) is 0 Å². The summed E-state index contributed by atoms with van der Waals surface area (Å²) in [6.07, 6.45) is 0.290. The molecule has 5 nitrogen and oxygen atoms in total. The van der Waals surface area contributed by atoms with E-state index in [0.29, 0.717) is 13.0 Å². The summed E-state index contributed by atoms with van der Waals surface area (Å²) in [6.45, 7) is 3.98. The van der Waals surface area contributed by atoms with Gasteiger partial charge in [0.1, 0.15) is 0 Å². The standard InChI is InChI=1S/C9H18N2O3/c1-9(2,6-8(13)14)11-7(12)4-5-10-3/h10H,4-6H2,1-3H3,(H,11,12)(H,13,14). The smallest absolute Gasteiger partial charge is 0.305 e. The Morgan fingerprint density at radius 1 is 1.36 bits per heavy atom. The van der Waals surface area contributed by atoms with E-state index in [4.69, 9.17) is 5.11 Å². The highest BCUT2D eigenvalue weighted by molar-refractivity contribution is 5.78. The third-order valence-electron chi connectivity index (χ3n) is 1.67. The van der Waals surface area contributed by atoms with E-state index in [9.17, 15) is 9.59 Å². The summed E-state index contributed by atoms with van der Waals surface area (Å²) in [5.41, 5.74) is -0.684. The highest BCUT2D eigenvalue weighted by Crippen LogP contribution is 2.07. The van der Waals surface area contributed by atoms with Crippen LogP contribution in [0.3, 0.4) is 0 Å². The van der Waals surface area contributed by atoms with E-state index in [1.807, 2.05) is 0 Å². The van der Waals surface area contributed by atoms with Crippen molar-refractivity contribution in [3.05, 3.63) is 0 Å². The van der Waals surface area contributed by atoms with E-state index < -0.39 is 11.5 Å². The summed E-state index contributed by atoms with van der Waals surface area (Å²) in [4.78, 5) is 21.7. The van der Waals surface area contributed by atoms with Gasteiger partial charge in [-0.25, -0.2) is 0 Å². The minimum atomic E-state index is -0.913. The van der Waals surface area contributed by atoms with Crippen LogP contribution in [-0.4, -0.2) is 36.1 Å². The van der Waals surface area contributed by atoms with Gasteiger partial charge in [0, 0.05) is 18.5 Å². The van der Waals surface area contributed by atoms with E-state index in [-0.39, 0.29) is 12.3 Å². The first-order chi connectivity index (χ1) is 6.37. The monoisotopic (exact) mass is 202 g/mol. The predicted octanol–water partition coefficient (Wildman–Crippen LogP) is -0.0346. The molecule has 1 amide bonds. The third-order valence-corrected chi connectivity index (χ3v) is 1.67. The number of rotatable bonds is 6. The van der Waals surface area contributed by atoms with Gasteiger partial charge in [-0.2, -0.15) is 0 Å². The molecule has 0 rings (SSSR count). The summed E-state index contributed by atoms with van der Waals surface area (Å²) < 4.78 is 0. The van der Waals surface area contributed by atoms with Crippen LogP contribution >= 0.6 is 0 Å². The minimum absolute atomic E-state index is 0.0711. The molecule has 0 heterocycles. The second-order valence-electron chi connectivity index (χ2n) is 3.86. The van der Waals surface area contributed by atoms with Crippen LogP contribution in [0.2, 0.25) is 0 Å². The molecule has 0 aliphatic carbocycles. The number of carbonyl (C=O) groups excluding carboxylic acids is 1. The molecule has 5 heteroatoms. The Kier molecular flexibility index (Phi) is 5.15. The molecule has 0 atom stereocenters. The van der Waals surface area contributed by atoms with Crippen molar-refractivity contribution in [1.82, 2.24) is 10.6 Å². The fourth-order valence-corrected chi connectivity index (χ4v) is 1.10. The van der Waals surface area contributed by atoms with Crippen molar-refractivity contribution in [2.24, 2.45) is 0 Å². The summed E-state index contributed by atoms with van der Waals surface area (Å²) in [5, 5.41) is 14.1. The van der Waals surface area contributed by atoms with Crippen molar-refractivity contribution in [3.63, 3.8) is 0 Å². The first-order valence-electron chi connectivity index (χ1n) is 4.55. The fourth-order valence-electron chi connectivity index (χ4n) is 1.10. The molecule has 0 aliphatic rings. The van der Waals surface area contributed by atoms with Gasteiger partial charge in [0.25, 0.3) is 0 Å². The van der Waals surface area contributed by atoms with Crippen LogP contribution in [0.25, 0.3) is 0 Å². The topological polar surface area (TPSA) is 78.4 Å². The second-order valence-corrected chi connectivity index (χ2v) is 3.86. The lowest BCUT2D eigenvalue weighted by atomic mass is 10.0. The maximum absolute atomic E-state index is 11.3. The summed E-state index contributed by atoms with van der Waals surface area (Å²) >= 11 is 0. The van der Waals surface area contributed by atoms with Crippen LogP contribution in [0.4, 0.5) is 0 Å². The van der Waals surface area contributed by atoms with Gasteiger partial charge in [0.2, 0.25) is 5.91 Å². The lowest BCUT2D eigenvalue weighted by Gasteiger charge is -2.24. The largest absolute Gasteiger partial charge is 0.481 e. The minimum Gasteiger partial charge on any atom is -0.481 e. The highest BCUT2D eigenvalue weighted by atomic mass is 16.4. The number of aliphatic carboxylic acids is 1. The van der Waals surface area contributed by atoms with Gasteiger partial charge in [-0.3, -0.25) is 9.59 Å². The lowest BCUT2D eigenvalue weighted by molar-refractivity contribution is -0.138. The number of hydrogen-bond acceptors (Lipinski definition) is 3. The molecule has 0 aliphatic heterocycles. The van der Waals surface area contributed by atoms with E-state index in [1.54, 1.807) is 20.9 Å². The molecule has 0 aromatic heterocycles. The number of hydrogen-bond donors (Lipinski definition) is 3. The van der Waals surface area contributed by atoms with Crippen LogP contribution in [0.15, 0.2) is 0 Å². The molecule has 0 bridgehead atoms. The van der Waals surface area contributed by atoms with Gasteiger partial charge >= 0.3 is 5.97 Å². The Morgan fingerprint density at radius 3 is 2.36 bits per heavy atom. The molecule has 0 aromatic rings. The number of carboxylic acids is 1. The molecule has 0 radical (unpaired) electrons. The van der Waals surface area contributed by atoms with Gasteiger partial charge in [0.05, 0.1) is 6.42 Å². The van der Waals surface area contributed by atoms with Crippen LogP contribution in [0.1, 0.15) is 26.7 Å². The summed E-state index contributed by atoms with van der Waals surface area (Å²) in [7, 11) is 1.76. The molecule has 0 spiro atoms. The van der Waals surface area contributed by atoms with Crippen molar-refractivity contribution in [3.8, 4) is 0 Å². The maximum Gasteiger partial charge on any atom is 0.305 e. The Balaban J connectivity index is 3.95. The number of carboxylic acid groups (broad SMARTS) is 1. The molecule has 82 valence electrons. The van der Waals surface area contributed by atoms with Gasteiger partial charge in [0.15, 0.2) is 0 Å². The summed E-state index contributed by atoms with van der Waals surface area (Å²) in [6, 6.07) is 0. The van der Waals surface area contributed by atoms with E-state index in [0.717, 1.165) is 0 Å². The zero-order valence-electron chi connectivity index (χ0n) is 8.89. The van der Waals surface area contributed by atoms with E-state index in [1.165, 1.54) is 0 Å². The van der Waals surface area contributed by atoms with Crippen molar-refractivity contribution in [2.45, 2.75) is 32.2 Å². The van der Waals surface area contributed by atoms with Gasteiger partial charge in [-0.05, 0) is 20.9 Å². The van der Waals surface area contributed by atoms with Gasteiger partial charge in [-0.1, -0.05) is 0 Å². The molecule has 14 heavy (non-hydrogen) atoms. The van der Waals surface area contributed by atoms with Crippen LogP contribution in [-0.2, 0) is 9.59 Å². The van der Waals surface area contributed by atoms with Crippen molar-refractivity contribution < 1.29 is 14.7 Å². The molecule has 0 saturated heterocycles. The van der Waals surface area contributed by atoms with Crippen molar-refractivity contribution >= 4 is 11.9 Å². The Bertz CT molecular complexity index is 214. The zero-order chi connectivity index (χ0) is 11.2. The molecule has 0 aromatic carbocycles. The lowest BCUT2D eigenvalue weighted by Crippen LogP contribution is -2.45. The first-order valence-corrected chi connectivity index (χ1v) is 4.55. The average Bonchev–Trinajstić information content (AvgIpc) is 1.96. The predicted molar refractivity (Wildman–Crippen MR) is 53.0 cm³/mol. The Labute approximate surface area is 83.9 Å². The number of carbonyl (C=O) groups is 2. The Morgan fingerprint density at radius 2 is 1.93 bits per heavy atom. The zero-order valence-corrected chi connectivity index (χ0v) is 8.89. The fraction of sp³-hybridized carbons (Fsp3) is 0.778. The highest BCUT2D eigenvalue weighted by Gasteiger charge is 2.23. The van der Waals surface area contributed by atoms with Gasteiger partial charge in [-0.15, -0.1) is 0 Å². The molecule has 0 fully saturated rings. The van der Waals surface area contributed by atoms with Crippen LogP contribution < -0.4 is 10.6 Å². The quantitative estimate of drug-likeness (QED) is 0.565. The van der Waals surface area contributed by atoms with Crippen molar-refractivity contribution in [2.75, 3.05) is 13.6 Å². The molecule has 0 saturated carbocycles. The average molecular weight is 202 g/mol. The molecule has 0 unspecified atom stereocenters. The molecular weight excluding hydrogens is 184 g/mol. The number of amides is 1. The number of nitrogens with one attached hydrogen (secondary N) is 2. The maximum atomic E-state index is 11.3. The molecule has 3 N–H and O–H groups in total. The molecular formula is C9H18N2O3.